The van der Waals surface area contributed by atoms with E-state index in [-0.39, 0.29) is 5.91 Å². The maximum absolute atomic E-state index is 12.9. The van der Waals surface area contributed by atoms with Crippen LogP contribution in [0, 0.1) is 0 Å². The summed E-state index contributed by atoms with van der Waals surface area (Å²) in [4.78, 5) is 16.1. The first-order chi connectivity index (χ1) is 14.2. The van der Waals surface area contributed by atoms with Gasteiger partial charge in [-0.15, -0.1) is 16.4 Å². The van der Waals surface area contributed by atoms with Crippen LogP contribution in [0.15, 0.2) is 79.7 Å². The Bertz CT molecular complexity index is 1050. The molecule has 29 heavy (non-hydrogen) atoms. The number of furan rings is 1. The molecule has 0 N–H and O–H groups in total. The van der Waals surface area contributed by atoms with Gasteiger partial charge in [-0.1, -0.05) is 6.07 Å². The predicted octanol–water partition coefficient (Wildman–Crippen LogP) is 4.86. The standard InChI is InChI=1S/C21H17N3O3S2/c1-26-16-8-6-15(7-9-16)13-22-23-21-24(14-17-4-2-10-27-17)20(25)19(29-21)12-18-5-3-11-28-18/h2-13H,14H2,1H3/b19-12-,22-13+,23-21-. The molecule has 146 valence electrons. The number of carbonyl (C=O) groups is 1. The molecule has 0 bridgehead atoms. The zero-order chi connectivity index (χ0) is 20.1. The molecular formula is C21H17N3O3S2. The van der Waals surface area contributed by atoms with Crippen molar-refractivity contribution in [2.75, 3.05) is 7.11 Å². The largest absolute Gasteiger partial charge is 0.497 e. The number of amides is 1. The Labute approximate surface area is 176 Å². The molecular weight excluding hydrogens is 406 g/mol. The Morgan fingerprint density at radius 1 is 1.17 bits per heavy atom. The number of hydrogen-bond donors (Lipinski definition) is 0. The van der Waals surface area contributed by atoms with Crippen molar-refractivity contribution in [1.29, 1.82) is 0 Å². The molecule has 3 heterocycles. The van der Waals surface area contributed by atoms with Crippen molar-refractivity contribution in [2.45, 2.75) is 6.54 Å². The number of thiophene rings is 1. The fourth-order valence-corrected chi connectivity index (χ4v) is 4.28. The second-order valence-corrected chi connectivity index (χ2v) is 7.99. The SMILES string of the molecule is COc1ccc(/C=N/N=C2\S/C(=C\c3cccs3)C(=O)N2Cc2ccco2)cc1. The first-order valence-electron chi connectivity index (χ1n) is 8.75. The highest BCUT2D eigenvalue weighted by Gasteiger charge is 2.34. The van der Waals surface area contributed by atoms with E-state index in [1.807, 2.05) is 53.9 Å². The van der Waals surface area contributed by atoms with Crippen LogP contribution in [-0.2, 0) is 11.3 Å². The van der Waals surface area contributed by atoms with Crippen molar-refractivity contribution in [1.82, 2.24) is 4.90 Å². The van der Waals surface area contributed by atoms with E-state index in [2.05, 4.69) is 10.2 Å². The summed E-state index contributed by atoms with van der Waals surface area (Å²) in [6.45, 7) is 0.303. The molecule has 0 unspecified atom stereocenters. The minimum Gasteiger partial charge on any atom is -0.497 e. The Balaban J connectivity index is 1.58. The molecule has 4 rings (SSSR count). The van der Waals surface area contributed by atoms with Crippen molar-refractivity contribution in [3.8, 4) is 5.75 Å². The van der Waals surface area contributed by atoms with Crippen LogP contribution in [0.25, 0.3) is 6.08 Å². The summed E-state index contributed by atoms with van der Waals surface area (Å²) >= 11 is 2.89. The maximum Gasteiger partial charge on any atom is 0.267 e. The van der Waals surface area contributed by atoms with Gasteiger partial charge < -0.3 is 9.15 Å². The second kappa shape index (κ2) is 8.93. The van der Waals surface area contributed by atoms with Crippen LogP contribution >= 0.6 is 23.1 Å². The number of thioether (sulfide) groups is 1. The summed E-state index contributed by atoms with van der Waals surface area (Å²) < 4.78 is 10.6. The van der Waals surface area contributed by atoms with Gasteiger partial charge in [-0.2, -0.15) is 5.10 Å². The molecule has 0 spiro atoms. The zero-order valence-corrected chi connectivity index (χ0v) is 17.2. The quantitative estimate of drug-likeness (QED) is 0.323. The van der Waals surface area contributed by atoms with Gasteiger partial charge in [-0.3, -0.25) is 9.69 Å². The fraction of sp³-hybridized carbons (Fsp3) is 0.0952. The van der Waals surface area contributed by atoms with Gasteiger partial charge in [0.05, 0.1) is 31.0 Å². The van der Waals surface area contributed by atoms with Crippen molar-refractivity contribution in [2.24, 2.45) is 10.2 Å². The number of hydrogen-bond acceptors (Lipinski definition) is 7. The van der Waals surface area contributed by atoms with Gasteiger partial charge in [0, 0.05) is 4.88 Å². The molecule has 2 aromatic heterocycles. The average molecular weight is 424 g/mol. The highest BCUT2D eigenvalue weighted by Crippen LogP contribution is 2.34. The van der Waals surface area contributed by atoms with Crippen molar-refractivity contribution in [3.63, 3.8) is 0 Å². The van der Waals surface area contributed by atoms with Crippen LogP contribution in [0.5, 0.6) is 5.75 Å². The minimum atomic E-state index is -0.113. The normalized spacial score (nSPS) is 17.1. The van der Waals surface area contributed by atoms with E-state index in [9.17, 15) is 4.79 Å². The molecule has 0 saturated carbocycles. The van der Waals surface area contributed by atoms with Crippen molar-refractivity contribution >= 4 is 46.5 Å². The van der Waals surface area contributed by atoms with Crippen LogP contribution in [0.1, 0.15) is 16.2 Å². The van der Waals surface area contributed by atoms with Crippen LogP contribution in [0.3, 0.4) is 0 Å². The second-order valence-electron chi connectivity index (χ2n) is 6.00. The third-order valence-electron chi connectivity index (χ3n) is 4.06. The van der Waals surface area contributed by atoms with Crippen molar-refractivity contribution < 1.29 is 13.9 Å². The third kappa shape index (κ3) is 4.67. The number of nitrogens with zero attached hydrogens (tertiary/aromatic N) is 3. The van der Waals surface area contributed by atoms with Crippen LogP contribution in [-0.4, -0.2) is 29.3 Å². The summed E-state index contributed by atoms with van der Waals surface area (Å²) in [6, 6.07) is 15.0. The summed E-state index contributed by atoms with van der Waals surface area (Å²) in [6.07, 6.45) is 5.11. The number of benzene rings is 1. The highest BCUT2D eigenvalue weighted by molar-refractivity contribution is 8.18. The van der Waals surface area contributed by atoms with E-state index in [0.29, 0.717) is 22.4 Å². The van der Waals surface area contributed by atoms with Gasteiger partial charge in [-0.05, 0) is 71.2 Å². The molecule has 1 saturated heterocycles. The van der Waals surface area contributed by atoms with E-state index in [0.717, 1.165) is 16.2 Å². The molecule has 0 aliphatic carbocycles. The zero-order valence-electron chi connectivity index (χ0n) is 15.5. The number of methoxy groups -OCH3 is 1. The Morgan fingerprint density at radius 3 is 2.72 bits per heavy atom. The topological polar surface area (TPSA) is 67.4 Å². The Kier molecular flexibility index (Phi) is 5.92. The van der Waals surface area contributed by atoms with Gasteiger partial charge in [0.15, 0.2) is 5.17 Å². The van der Waals surface area contributed by atoms with Gasteiger partial charge >= 0.3 is 0 Å². The number of amidine groups is 1. The number of rotatable bonds is 6. The number of ether oxygens (including phenoxy) is 1. The summed E-state index contributed by atoms with van der Waals surface area (Å²) in [7, 11) is 1.62. The van der Waals surface area contributed by atoms with Gasteiger partial charge in [0.2, 0.25) is 0 Å². The molecule has 8 heteroatoms. The third-order valence-corrected chi connectivity index (χ3v) is 5.88. The molecule has 1 aromatic carbocycles. The lowest BCUT2D eigenvalue weighted by Crippen LogP contribution is -2.28. The molecule has 0 atom stereocenters. The lowest BCUT2D eigenvalue weighted by molar-refractivity contribution is -0.122. The molecule has 1 aliphatic rings. The van der Waals surface area contributed by atoms with Crippen LogP contribution in [0.2, 0.25) is 0 Å². The van der Waals surface area contributed by atoms with E-state index >= 15 is 0 Å². The average Bonchev–Trinajstić information content (AvgIpc) is 3.49. The molecule has 6 nitrogen and oxygen atoms in total. The van der Waals surface area contributed by atoms with Gasteiger partial charge in [0.25, 0.3) is 5.91 Å². The minimum absolute atomic E-state index is 0.113. The molecule has 1 amide bonds. The molecule has 1 aliphatic heterocycles. The first kappa shape index (κ1) is 19.2. The maximum atomic E-state index is 12.9. The first-order valence-corrected chi connectivity index (χ1v) is 10.4. The summed E-state index contributed by atoms with van der Waals surface area (Å²) in [5, 5.41) is 11.0. The number of carbonyl (C=O) groups excluding carboxylic acids is 1. The van der Waals surface area contributed by atoms with E-state index in [4.69, 9.17) is 9.15 Å². The van der Waals surface area contributed by atoms with Gasteiger partial charge in [-0.25, -0.2) is 0 Å². The van der Waals surface area contributed by atoms with E-state index in [1.54, 1.807) is 41.9 Å². The van der Waals surface area contributed by atoms with Gasteiger partial charge in [0.1, 0.15) is 11.5 Å². The fourth-order valence-electron chi connectivity index (χ4n) is 2.62. The van der Waals surface area contributed by atoms with Crippen LogP contribution in [0.4, 0.5) is 0 Å². The summed E-state index contributed by atoms with van der Waals surface area (Å²) in [5.41, 5.74) is 0.886. The lowest BCUT2D eigenvalue weighted by atomic mass is 10.2. The Hall–Kier alpha value is -3.10. The predicted molar refractivity (Wildman–Crippen MR) is 117 cm³/mol. The monoisotopic (exact) mass is 423 g/mol. The summed E-state index contributed by atoms with van der Waals surface area (Å²) in [5.74, 6) is 1.35. The Morgan fingerprint density at radius 2 is 2.03 bits per heavy atom. The lowest BCUT2D eigenvalue weighted by Gasteiger charge is -2.12. The molecule has 0 radical (unpaired) electrons. The molecule has 3 aromatic rings. The molecule has 1 fully saturated rings. The smallest absolute Gasteiger partial charge is 0.267 e. The van der Waals surface area contributed by atoms with Crippen molar-refractivity contribution in [3.05, 3.63) is 81.3 Å². The van der Waals surface area contributed by atoms with E-state index in [1.165, 1.54) is 11.8 Å². The van der Waals surface area contributed by atoms with Crippen LogP contribution < -0.4 is 4.74 Å². The van der Waals surface area contributed by atoms with E-state index < -0.39 is 0 Å². The highest BCUT2D eigenvalue weighted by atomic mass is 32.2.